The van der Waals surface area contributed by atoms with E-state index in [0.717, 1.165) is 78.1 Å². The minimum Gasteiger partial charge on any atom is -0.481 e. The highest BCUT2D eigenvalue weighted by Gasteiger charge is 2.44. The number of rotatable bonds is 17. The first-order valence-electron chi connectivity index (χ1n) is 19.2. The van der Waals surface area contributed by atoms with E-state index in [1.165, 1.54) is 21.9 Å². The van der Waals surface area contributed by atoms with Crippen molar-refractivity contribution in [3.8, 4) is 0 Å². The molecule has 2 atom stereocenters. The number of anilines is 2. The number of nitrogens with zero attached hydrogens (tertiary/aromatic N) is 2. The summed E-state index contributed by atoms with van der Waals surface area (Å²) in [6.07, 6.45) is 5.23. The van der Waals surface area contributed by atoms with Crippen LogP contribution in [0.3, 0.4) is 0 Å². The van der Waals surface area contributed by atoms with Crippen LogP contribution in [-0.4, -0.2) is 51.9 Å². The number of carboxylic acids is 1. The summed E-state index contributed by atoms with van der Waals surface area (Å²) in [5, 5.41) is 20.5. The highest BCUT2D eigenvalue weighted by molar-refractivity contribution is 8.01. The van der Waals surface area contributed by atoms with Crippen LogP contribution in [0.4, 0.5) is 19.5 Å². The quantitative estimate of drug-likeness (QED) is 0.0416. The lowest BCUT2D eigenvalue weighted by molar-refractivity contribution is -0.147. The van der Waals surface area contributed by atoms with Crippen molar-refractivity contribution in [2.45, 2.75) is 88.6 Å². The smallest absolute Gasteiger partial charge is 0.338 e. The zero-order valence-electron chi connectivity index (χ0n) is 32.8. The number of hydrazone groups is 1. The number of ether oxygens (including phenoxy) is 2. The van der Waals surface area contributed by atoms with Gasteiger partial charge in [0.05, 0.1) is 17.7 Å². The zero-order chi connectivity index (χ0) is 42.5. The number of esters is 1. The number of fused-ring (bicyclic) bond motifs is 1. The molecular weight excluding hydrogens is 803 g/mol. The molecule has 2 aliphatic rings. The van der Waals surface area contributed by atoms with Crippen molar-refractivity contribution in [2.75, 3.05) is 17.1 Å². The van der Waals surface area contributed by atoms with Gasteiger partial charge < -0.3 is 31.4 Å². The van der Waals surface area contributed by atoms with Gasteiger partial charge in [0.2, 0.25) is 17.4 Å². The lowest BCUT2D eigenvalue weighted by Crippen LogP contribution is -2.49. The molecule has 17 heteroatoms. The molecule has 0 radical (unpaired) electrons. The molecule has 2 heterocycles. The van der Waals surface area contributed by atoms with Crippen molar-refractivity contribution in [1.29, 1.82) is 0 Å². The first-order chi connectivity index (χ1) is 28.3. The molecule has 4 aromatic rings. The molecule has 59 heavy (non-hydrogen) atoms. The number of carbonyl (C=O) groups excluding carboxylic acids is 3. The highest BCUT2D eigenvalue weighted by Crippen LogP contribution is 2.40. The molecule has 6 rings (SSSR count). The van der Waals surface area contributed by atoms with E-state index >= 15 is 0 Å². The summed E-state index contributed by atoms with van der Waals surface area (Å²) in [7, 11) is 0. The van der Waals surface area contributed by atoms with Gasteiger partial charge >= 0.3 is 11.9 Å². The number of hydrogen-bond acceptors (Lipinski definition) is 12. The van der Waals surface area contributed by atoms with Gasteiger partial charge in [0, 0.05) is 29.5 Å². The second-order valence-corrected chi connectivity index (χ2v) is 16.3. The van der Waals surface area contributed by atoms with Crippen molar-refractivity contribution in [1.82, 2.24) is 5.32 Å². The summed E-state index contributed by atoms with van der Waals surface area (Å²) < 4.78 is 39.8. The molecule has 0 spiro atoms. The summed E-state index contributed by atoms with van der Waals surface area (Å²) in [6, 6.07) is 20.3. The lowest BCUT2D eigenvalue weighted by Gasteiger charge is -2.31. The summed E-state index contributed by atoms with van der Waals surface area (Å²) in [5.41, 5.74) is 15.5. The number of nitrogens with one attached hydrogen (secondary N) is 2. The normalized spacial score (nSPS) is 15.4. The number of aryl methyl sites for hydroxylation is 2. The van der Waals surface area contributed by atoms with Crippen molar-refractivity contribution >= 4 is 63.4 Å². The van der Waals surface area contributed by atoms with E-state index in [1.54, 1.807) is 12.1 Å². The van der Waals surface area contributed by atoms with Crippen molar-refractivity contribution in [3.05, 3.63) is 117 Å². The third kappa shape index (κ3) is 12.3. The Morgan fingerprint density at radius 2 is 1.71 bits per heavy atom. The lowest BCUT2D eigenvalue weighted by atomic mass is 9.95. The first kappa shape index (κ1) is 44.7. The van der Waals surface area contributed by atoms with Gasteiger partial charge in [-0.3, -0.25) is 19.7 Å². The molecule has 0 saturated carbocycles. The van der Waals surface area contributed by atoms with Crippen LogP contribution in [0.15, 0.2) is 77.9 Å². The molecule has 314 valence electrons. The van der Waals surface area contributed by atoms with Gasteiger partial charge in [-0.05, 0) is 79.5 Å². The van der Waals surface area contributed by atoms with Gasteiger partial charge in [0.15, 0.2) is 4.87 Å². The van der Waals surface area contributed by atoms with E-state index in [9.17, 15) is 28.0 Å². The SMILES string of the molecule is CCCC(N)(SC1OC(c2ccccc2)=NN1c1cc(F)cc(F)c1)C(=O)OCNCc1cccc(CC)c1.NC(=O)c1c(NC(=O)CCC(=O)O)sc2c1CCCC2. The molecule has 13 nitrogen and oxygen atoms in total. The van der Waals surface area contributed by atoms with Crippen LogP contribution >= 0.6 is 23.1 Å². The van der Waals surface area contributed by atoms with E-state index in [0.29, 0.717) is 29.1 Å². The van der Waals surface area contributed by atoms with Crippen LogP contribution in [0.25, 0.3) is 0 Å². The van der Waals surface area contributed by atoms with E-state index in [2.05, 4.69) is 34.8 Å². The molecule has 7 N–H and O–H groups in total. The van der Waals surface area contributed by atoms with E-state index in [-0.39, 0.29) is 37.6 Å². The van der Waals surface area contributed by atoms with Crippen molar-refractivity contribution in [2.24, 2.45) is 16.6 Å². The van der Waals surface area contributed by atoms with Gasteiger partial charge in [-0.15, -0.1) is 16.4 Å². The zero-order valence-corrected chi connectivity index (χ0v) is 34.4. The summed E-state index contributed by atoms with van der Waals surface area (Å²) >= 11 is 2.35. The summed E-state index contributed by atoms with van der Waals surface area (Å²) in [4.78, 5) is 46.5. The average molecular weight is 851 g/mol. The number of hydrogen-bond donors (Lipinski definition) is 5. The van der Waals surface area contributed by atoms with Crippen LogP contribution in [-0.2, 0) is 49.7 Å². The number of aliphatic carboxylic acids is 1. The van der Waals surface area contributed by atoms with Crippen LogP contribution in [0.2, 0.25) is 0 Å². The van der Waals surface area contributed by atoms with Crippen molar-refractivity contribution in [3.63, 3.8) is 0 Å². The number of thiophene rings is 1. The number of thioether (sulfide) groups is 1. The van der Waals surface area contributed by atoms with Gasteiger partial charge in [0.25, 0.3) is 5.91 Å². The Balaban J connectivity index is 0.000000277. The number of benzene rings is 3. The molecule has 1 aliphatic heterocycles. The maximum Gasteiger partial charge on any atom is 0.338 e. The minimum atomic E-state index is -1.50. The predicted molar refractivity (Wildman–Crippen MR) is 225 cm³/mol. The maximum absolute atomic E-state index is 14.1. The Kier molecular flexibility index (Phi) is 16.0. The molecule has 0 bridgehead atoms. The third-order valence-corrected chi connectivity index (χ3v) is 11.8. The molecule has 1 aromatic heterocycles. The molecule has 2 unspecified atom stereocenters. The fraction of sp³-hybridized carbons (Fsp3) is 0.357. The number of primary amides is 1. The Morgan fingerprint density at radius 1 is 1.00 bits per heavy atom. The molecule has 0 fully saturated rings. The van der Waals surface area contributed by atoms with Gasteiger partial charge in [-0.2, -0.15) is 0 Å². The second kappa shape index (κ2) is 21.1. The molecule has 3 aromatic carbocycles. The highest BCUT2D eigenvalue weighted by atomic mass is 32.2. The molecule has 2 amide bonds. The van der Waals surface area contributed by atoms with E-state index in [4.69, 9.17) is 26.0 Å². The Morgan fingerprint density at radius 3 is 2.39 bits per heavy atom. The Hall–Kier alpha value is -5.36. The number of nitrogens with two attached hydrogens (primary N) is 2. The number of amides is 2. The standard InChI is InChI=1S/C29H32F2N4O3S.C13H16N2O4S/c1-3-13-29(32,27(36)37-19-33-18-21-10-8-9-20(4-2)14-21)39-28-35(25-16-23(30)15-24(31)17-25)34-26(38-28)22-11-6-5-7-12-22;14-12(19)11-7-3-1-2-4-8(7)20-13(11)15-9(16)5-6-10(17)18/h5-12,14-17,28,33H,3-4,13,18-19,32H2,1-2H3;1-6H2,(H2,14,19)(H,15,16)(H,17,18). The minimum absolute atomic E-state index is 0.0332. The molecular formula is C42H48F2N6O7S2. The Labute approximate surface area is 349 Å². The molecule has 1 aliphatic carbocycles. The van der Waals surface area contributed by atoms with Gasteiger partial charge in [-0.25, -0.2) is 18.6 Å². The summed E-state index contributed by atoms with van der Waals surface area (Å²) in [6.45, 7) is 4.48. The third-order valence-electron chi connectivity index (χ3n) is 9.29. The number of carboxylic acid groups (broad SMARTS) is 1. The van der Waals surface area contributed by atoms with E-state index in [1.807, 2.05) is 37.3 Å². The number of carbonyl (C=O) groups is 4. The fourth-order valence-electron chi connectivity index (χ4n) is 6.42. The average Bonchev–Trinajstić information content (AvgIpc) is 3.80. The molecule has 0 saturated heterocycles. The van der Waals surface area contributed by atoms with Crippen molar-refractivity contribution < 1.29 is 42.5 Å². The number of halogens is 2. The largest absolute Gasteiger partial charge is 0.481 e. The monoisotopic (exact) mass is 850 g/mol. The fourth-order valence-corrected chi connectivity index (χ4v) is 8.98. The van der Waals surface area contributed by atoms with Crippen LogP contribution < -0.4 is 27.1 Å². The van der Waals surface area contributed by atoms with E-state index < -0.39 is 45.8 Å². The van der Waals surface area contributed by atoms with Crippen LogP contribution in [0.1, 0.15) is 89.9 Å². The summed E-state index contributed by atoms with van der Waals surface area (Å²) in [5.74, 6) is -3.90. The van der Waals surface area contributed by atoms with Gasteiger partial charge in [-0.1, -0.05) is 74.5 Å². The van der Waals surface area contributed by atoms with Gasteiger partial charge in [0.1, 0.15) is 23.4 Å². The predicted octanol–water partition coefficient (Wildman–Crippen LogP) is 7.02. The van der Waals surface area contributed by atoms with Crippen LogP contribution in [0.5, 0.6) is 0 Å². The maximum atomic E-state index is 14.1. The first-order valence-corrected chi connectivity index (χ1v) is 20.9. The second-order valence-electron chi connectivity index (χ2n) is 13.8. The topological polar surface area (TPSA) is 199 Å². The van der Waals surface area contributed by atoms with Crippen LogP contribution in [0, 0.1) is 11.6 Å². The Bertz CT molecular complexity index is 2130.